The van der Waals surface area contributed by atoms with E-state index >= 15 is 0 Å². The van der Waals surface area contributed by atoms with Gasteiger partial charge in [-0.05, 0) is 6.42 Å². The summed E-state index contributed by atoms with van der Waals surface area (Å²) in [4.78, 5) is 31.0. The highest BCUT2D eigenvalue weighted by atomic mass is 79.9. The van der Waals surface area contributed by atoms with Gasteiger partial charge in [-0.15, -0.1) is 0 Å². The lowest BCUT2D eigenvalue weighted by atomic mass is 10.3. The summed E-state index contributed by atoms with van der Waals surface area (Å²) in [5, 5.41) is 0.840. The molecular weight excluding hydrogens is 326 g/mol. The van der Waals surface area contributed by atoms with Crippen LogP contribution in [-0.2, 0) is 20.6 Å². The summed E-state index contributed by atoms with van der Waals surface area (Å²) < 4.78 is 4.51. The number of alkyl halides is 1. The van der Waals surface area contributed by atoms with Crippen LogP contribution >= 0.6 is 15.9 Å². The second-order valence-corrected chi connectivity index (χ2v) is 5.76. The number of aryl methyl sites for hydroxylation is 2. The molecule has 0 amide bonds. The Labute approximate surface area is 123 Å². The molecule has 0 atom stereocenters. The van der Waals surface area contributed by atoms with Crippen molar-refractivity contribution in [2.24, 2.45) is 14.1 Å². The molecule has 0 fully saturated rings. The van der Waals surface area contributed by atoms with Crippen LogP contribution in [0.4, 0.5) is 5.95 Å². The molecular formula is C12H16BrN5O2. The van der Waals surface area contributed by atoms with Gasteiger partial charge in [0.05, 0.1) is 0 Å². The fraction of sp³-hybridized carbons (Fsp3) is 0.583. The Bertz CT molecular complexity index is 788. The maximum atomic E-state index is 12.4. The first-order valence-corrected chi connectivity index (χ1v) is 7.65. The average molecular weight is 342 g/mol. The fourth-order valence-corrected chi connectivity index (χ4v) is 3.15. The summed E-state index contributed by atoms with van der Waals surface area (Å²) in [6.07, 6.45) is 0.970. The van der Waals surface area contributed by atoms with E-state index in [4.69, 9.17) is 0 Å². The van der Waals surface area contributed by atoms with Crippen molar-refractivity contribution < 1.29 is 0 Å². The van der Waals surface area contributed by atoms with Gasteiger partial charge in [-0.3, -0.25) is 13.9 Å². The van der Waals surface area contributed by atoms with E-state index in [9.17, 15) is 9.59 Å². The van der Waals surface area contributed by atoms with Gasteiger partial charge >= 0.3 is 5.69 Å². The Morgan fingerprint density at radius 1 is 1.20 bits per heavy atom. The molecule has 2 aromatic heterocycles. The first-order valence-electron chi connectivity index (χ1n) is 6.53. The monoisotopic (exact) mass is 341 g/mol. The summed E-state index contributed by atoms with van der Waals surface area (Å²) in [5.74, 6) is 0.781. The number of anilines is 1. The second-order valence-electron chi connectivity index (χ2n) is 4.97. The SMILES string of the molecule is Cn1c(=O)c2c(nc3n2CCCN3CCBr)n(C)c1=O. The predicted octanol–water partition coefficient (Wildman–Crippen LogP) is 0.0387. The molecule has 7 nitrogen and oxygen atoms in total. The summed E-state index contributed by atoms with van der Waals surface area (Å²) in [6, 6.07) is 0. The van der Waals surface area contributed by atoms with Crippen molar-refractivity contribution in [3.05, 3.63) is 20.8 Å². The molecule has 0 saturated carbocycles. The topological polar surface area (TPSA) is 65.1 Å². The van der Waals surface area contributed by atoms with Crippen molar-refractivity contribution >= 4 is 33.0 Å². The second kappa shape index (κ2) is 4.76. The molecule has 1 aliphatic rings. The van der Waals surface area contributed by atoms with E-state index < -0.39 is 0 Å². The highest BCUT2D eigenvalue weighted by molar-refractivity contribution is 9.09. The largest absolute Gasteiger partial charge is 0.341 e. The molecule has 0 N–H and O–H groups in total. The van der Waals surface area contributed by atoms with Crippen molar-refractivity contribution in [3.8, 4) is 0 Å². The molecule has 0 radical (unpaired) electrons. The van der Waals surface area contributed by atoms with Crippen LogP contribution in [0.5, 0.6) is 0 Å². The van der Waals surface area contributed by atoms with E-state index in [0.29, 0.717) is 11.2 Å². The molecule has 0 bridgehead atoms. The normalized spacial score (nSPS) is 14.8. The van der Waals surface area contributed by atoms with E-state index in [1.165, 1.54) is 11.6 Å². The molecule has 2 aromatic rings. The van der Waals surface area contributed by atoms with Crippen molar-refractivity contribution in [2.75, 3.05) is 23.3 Å². The Morgan fingerprint density at radius 3 is 2.65 bits per heavy atom. The van der Waals surface area contributed by atoms with Crippen LogP contribution in [0.2, 0.25) is 0 Å². The van der Waals surface area contributed by atoms with Gasteiger partial charge in [0.2, 0.25) is 5.95 Å². The van der Waals surface area contributed by atoms with Crippen LogP contribution in [0, 0.1) is 0 Å². The maximum Gasteiger partial charge on any atom is 0.332 e. The van der Waals surface area contributed by atoms with Gasteiger partial charge in [0, 0.05) is 39.1 Å². The average Bonchev–Trinajstić information content (AvgIpc) is 2.84. The van der Waals surface area contributed by atoms with Crippen LogP contribution in [0.1, 0.15) is 6.42 Å². The maximum absolute atomic E-state index is 12.4. The number of hydrogen-bond acceptors (Lipinski definition) is 4. The Morgan fingerprint density at radius 2 is 1.95 bits per heavy atom. The third-order valence-electron chi connectivity index (χ3n) is 3.77. The first kappa shape index (κ1) is 13.4. The number of fused-ring (bicyclic) bond motifs is 3. The molecule has 0 spiro atoms. The van der Waals surface area contributed by atoms with Gasteiger partial charge in [0.1, 0.15) is 0 Å². The van der Waals surface area contributed by atoms with E-state index in [-0.39, 0.29) is 11.2 Å². The van der Waals surface area contributed by atoms with Crippen molar-refractivity contribution in [1.29, 1.82) is 0 Å². The van der Waals surface area contributed by atoms with Crippen LogP contribution in [0.3, 0.4) is 0 Å². The van der Waals surface area contributed by atoms with Gasteiger partial charge in [-0.25, -0.2) is 4.79 Å². The lowest BCUT2D eigenvalue weighted by molar-refractivity contribution is 0.572. The minimum atomic E-state index is -0.343. The van der Waals surface area contributed by atoms with Crippen LogP contribution in [0.25, 0.3) is 11.2 Å². The van der Waals surface area contributed by atoms with Gasteiger partial charge in [0.15, 0.2) is 11.2 Å². The fourth-order valence-electron chi connectivity index (χ4n) is 2.72. The number of hydrogen-bond donors (Lipinski definition) is 0. The van der Waals surface area contributed by atoms with E-state index in [0.717, 1.165) is 41.9 Å². The summed E-state index contributed by atoms with van der Waals surface area (Å²) >= 11 is 3.43. The number of rotatable bonds is 2. The highest BCUT2D eigenvalue weighted by Gasteiger charge is 2.24. The van der Waals surface area contributed by atoms with E-state index in [1.807, 2.05) is 4.57 Å². The molecule has 3 heterocycles. The molecule has 0 unspecified atom stereocenters. The number of nitrogens with zero attached hydrogens (tertiary/aromatic N) is 5. The summed E-state index contributed by atoms with van der Waals surface area (Å²) in [6.45, 7) is 2.51. The Balaban J connectivity index is 2.37. The van der Waals surface area contributed by atoms with Gasteiger partial charge in [0.25, 0.3) is 5.56 Å². The quantitative estimate of drug-likeness (QED) is 0.723. The zero-order valence-electron chi connectivity index (χ0n) is 11.5. The molecule has 3 rings (SSSR count). The molecule has 108 valence electrons. The van der Waals surface area contributed by atoms with Gasteiger partial charge in [-0.2, -0.15) is 4.98 Å². The zero-order chi connectivity index (χ0) is 14.4. The number of aromatic nitrogens is 4. The van der Waals surface area contributed by atoms with Crippen molar-refractivity contribution in [2.45, 2.75) is 13.0 Å². The molecule has 20 heavy (non-hydrogen) atoms. The minimum Gasteiger partial charge on any atom is -0.341 e. The Hall–Kier alpha value is -1.57. The van der Waals surface area contributed by atoms with Gasteiger partial charge in [-0.1, -0.05) is 15.9 Å². The van der Waals surface area contributed by atoms with Crippen molar-refractivity contribution in [1.82, 2.24) is 18.7 Å². The lowest BCUT2D eigenvalue weighted by Crippen LogP contribution is -2.38. The van der Waals surface area contributed by atoms with E-state index in [2.05, 4.69) is 25.8 Å². The van der Waals surface area contributed by atoms with Gasteiger partial charge < -0.3 is 9.47 Å². The van der Waals surface area contributed by atoms with Crippen LogP contribution in [0.15, 0.2) is 9.59 Å². The number of halogens is 1. The van der Waals surface area contributed by atoms with E-state index in [1.54, 1.807) is 7.05 Å². The molecule has 1 aliphatic heterocycles. The smallest absolute Gasteiger partial charge is 0.332 e. The third-order valence-corrected chi connectivity index (χ3v) is 4.13. The van der Waals surface area contributed by atoms with Crippen LogP contribution < -0.4 is 16.1 Å². The zero-order valence-corrected chi connectivity index (χ0v) is 13.1. The summed E-state index contributed by atoms with van der Waals surface area (Å²) in [7, 11) is 3.15. The van der Waals surface area contributed by atoms with Crippen molar-refractivity contribution in [3.63, 3.8) is 0 Å². The molecule has 0 aromatic carbocycles. The third kappa shape index (κ3) is 1.74. The molecule has 8 heteroatoms. The lowest BCUT2D eigenvalue weighted by Gasteiger charge is -2.28. The summed E-state index contributed by atoms with van der Waals surface area (Å²) in [5.41, 5.74) is 0.367. The molecule has 0 aliphatic carbocycles. The standard InChI is InChI=1S/C12H16BrN5O2/c1-15-9-8(10(19)16(2)12(15)20)18-6-3-5-17(7-4-13)11(18)14-9/h3-7H2,1-2H3. The number of imidazole rings is 1. The van der Waals surface area contributed by atoms with Crippen LogP contribution in [-0.4, -0.2) is 37.1 Å². The highest BCUT2D eigenvalue weighted by Crippen LogP contribution is 2.23. The first-order chi connectivity index (χ1) is 9.56. The predicted molar refractivity (Wildman–Crippen MR) is 80.8 cm³/mol. The molecule has 0 saturated heterocycles. The Kier molecular flexibility index (Phi) is 3.19. The minimum absolute atomic E-state index is 0.275.